The lowest BCUT2D eigenvalue weighted by Gasteiger charge is -2.37. The molecule has 3 nitrogen and oxygen atoms in total. The lowest BCUT2D eigenvalue weighted by molar-refractivity contribution is 0.306. The van der Waals surface area contributed by atoms with Crippen molar-refractivity contribution in [3.05, 3.63) is 132 Å². The second kappa shape index (κ2) is 9.11. The SMILES string of the molecule is C1=CC2c3cc(Oc4ccccc4)ccc3NC(c3ccc(OCc4ccccc4)cc3)C2C1. The molecule has 168 valence electrons. The van der Waals surface area contributed by atoms with Crippen molar-refractivity contribution in [3.8, 4) is 17.2 Å². The van der Waals surface area contributed by atoms with Crippen LogP contribution in [0.2, 0.25) is 0 Å². The van der Waals surface area contributed by atoms with Gasteiger partial charge in [-0.25, -0.2) is 0 Å². The van der Waals surface area contributed by atoms with E-state index in [1.165, 1.54) is 22.4 Å². The van der Waals surface area contributed by atoms with E-state index in [-0.39, 0.29) is 6.04 Å². The number of nitrogens with one attached hydrogen (secondary N) is 1. The molecule has 4 aromatic rings. The monoisotopic (exact) mass is 445 g/mol. The fraction of sp³-hybridized carbons (Fsp3) is 0.161. The topological polar surface area (TPSA) is 30.5 Å². The van der Waals surface area contributed by atoms with E-state index in [1.807, 2.05) is 48.5 Å². The first-order chi connectivity index (χ1) is 16.8. The van der Waals surface area contributed by atoms with Crippen molar-refractivity contribution < 1.29 is 9.47 Å². The van der Waals surface area contributed by atoms with Crippen molar-refractivity contribution in [2.75, 3.05) is 5.32 Å². The summed E-state index contributed by atoms with van der Waals surface area (Å²) in [6, 6.07) is 35.5. The molecule has 6 rings (SSSR count). The molecule has 2 aliphatic rings. The third kappa shape index (κ3) is 4.17. The highest BCUT2D eigenvalue weighted by molar-refractivity contribution is 5.62. The predicted molar refractivity (Wildman–Crippen MR) is 137 cm³/mol. The molecule has 0 saturated heterocycles. The Bertz CT molecular complexity index is 1280. The van der Waals surface area contributed by atoms with Crippen molar-refractivity contribution in [2.24, 2.45) is 5.92 Å². The summed E-state index contributed by atoms with van der Waals surface area (Å²) in [7, 11) is 0. The van der Waals surface area contributed by atoms with Crippen molar-refractivity contribution in [2.45, 2.75) is 25.0 Å². The molecule has 0 aromatic heterocycles. The molecule has 1 heterocycles. The Balaban J connectivity index is 1.20. The molecule has 0 bridgehead atoms. The van der Waals surface area contributed by atoms with Gasteiger partial charge in [0.2, 0.25) is 0 Å². The number of fused-ring (bicyclic) bond motifs is 3. The molecule has 0 spiro atoms. The molecule has 1 N–H and O–H groups in total. The number of hydrogen-bond donors (Lipinski definition) is 1. The fourth-order valence-electron chi connectivity index (χ4n) is 5.10. The highest BCUT2D eigenvalue weighted by Crippen LogP contribution is 2.50. The van der Waals surface area contributed by atoms with E-state index < -0.39 is 0 Å². The van der Waals surface area contributed by atoms with Gasteiger partial charge < -0.3 is 14.8 Å². The highest BCUT2D eigenvalue weighted by atomic mass is 16.5. The van der Waals surface area contributed by atoms with Crippen molar-refractivity contribution >= 4 is 5.69 Å². The molecule has 0 saturated carbocycles. The van der Waals surface area contributed by atoms with Crippen LogP contribution in [-0.4, -0.2) is 0 Å². The zero-order valence-corrected chi connectivity index (χ0v) is 18.9. The Labute approximate surface area is 200 Å². The number of ether oxygens (including phenoxy) is 2. The van der Waals surface area contributed by atoms with Crippen LogP contribution < -0.4 is 14.8 Å². The molecule has 3 atom stereocenters. The zero-order valence-electron chi connectivity index (χ0n) is 18.9. The Kier molecular flexibility index (Phi) is 5.52. The molecule has 0 radical (unpaired) electrons. The van der Waals surface area contributed by atoms with Crippen LogP contribution >= 0.6 is 0 Å². The third-order valence-electron chi connectivity index (χ3n) is 6.80. The maximum absolute atomic E-state index is 6.11. The summed E-state index contributed by atoms with van der Waals surface area (Å²) in [6.07, 6.45) is 5.75. The molecule has 3 heteroatoms. The van der Waals surface area contributed by atoms with Crippen LogP contribution in [0.25, 0.3) is 0 Å². The van der Waals surface area contributed by atoms with Crippen molar-refractivity contribution in [1.29, 1.82) is 0 Å². The second-order valence-corrected chi connectivity index (χ2v) is 8.98. The highest BCUT2D eigenvalue weighted by Gasteiger charge is 2.38. The lowest BCUT2D eigenvalue weighted by atomic mass is 9.77. The van der Waals surface area contributed by atoms with E-state index in [1.54, 1.807) is 0 Å². The fourth-order valence-corrected chi connectivity index (χ4v) is 5.10. The van der Waals surface area contributed by atoms with Crippen LogP contribution in [0.4, 0.5) is 5.69 Å². The summed E-state index contributed by atoms with van der Waals surface area (Å²) in [5.74, 6) is 3.50. The maximum Gasteiger partial charge on any atom is 0.127 e. The molecular formula is C31H27NO2. The average molecular weight is 446 g/mol. The number of allylic oxidation sites excluding steroid dienone is 2. The normalized spacial score (nSPS) is 20.2. The van der Waals surface area contributed by atoms with Gasteiger partial charge in [-0.1, -0.05) is 72.8 Å². The van der Waals surface area contributed by atoms with Crippen LogP contribution in [0, 0.1) is 5.92 Å². The van der Waals surface area contributed by atoms with Gasteiger partial charge in [-0.2, -0.15) is 0 Å². The van der Waals surface area contributed by atoms with Gasteiger partial charge in [0, 0.05) is 11.6 Å². The number of para-hydroxylation sites is 1. The van der Waals surface area contributed by atoms with E-state index in [0.29, 0.717) is 18.4 Å². The Hall–Kier alpha value is -3.98. The molecule has 1 aliphatic carbocycles. The summed E-state index contributed by atoms with van der Waals surface area (Å²) in [5, 5.41) is 3.82. The molecule has 3 unspecified atom stereocenters. The maximum atomic E-state index is 6.11. The summed E-state index contributed by atoms with van der Waals surface area (Å²) in [5.41, 5.74) is 4.96. The van der Waals surface area contributed by atoms with E-state index in [2.05, 4.69) is 72.1 Å². The molecule has 0 amide bonds. The van der Waals surface area contributed by atoms with Gasteiger partial charge in [0.15, 0.2) is 0 Å². The van der Waals surface area contributed by atoms with Gasteiger partial charge in [-0.3, -0.25) is 0 Å². The average Bonchev–Trinajstić information content (AvgIpc) is 3.39. The van der Waals surface area contributed by atoms with Crippen LogP contribution in [0.5, 0.6) is 17.2 Å². The van der Waals surface area contributed by atoms with Gasteiger partial charge >= 0.3 is 0 Å². The molecule has 34 heavy (non-hydrogen) atoms. The Morgan fingerprint density at radius 3 is 2.26 bits per heavy atom. The lowest BCUT2D eigenvalue weighted by Crippen LogP contribution is -2.29. The van der Waals surface area contributed by atoms with Gasteiger partial charge in [0.25, 0.3) is 0 Å². The molecule has 0 fully saturated rings. The van der Waals surface area contributed by atoms with E-state index >= 15 is 0 Å². The first-order valence-electron chi connectivity index (χ1n) is 11.9. The first-order valence-corrected chi connectivity index (χ1v) is 11.9. The Morgan fingerprint density at radius 2 is 1.47 bits per heavy atom. The summed E-state index contributed by atoms with van der Waals surface area (Å²) in [4.78, 5) is 0. The van der Waals surface area contributed by atoms with Crippen molar-refractivity contribution in [3.63, 3.8) is 0 Å². The van der Waals surface area contributed by atoms with Crippen LogP contribution in [0.1, 0.15) is 35.1 Å². The molecule has 1 aliphatic heterocycles. The van der Waals surface area contributed by atoms with Crippen LogP contribution in [-0.2, 0) is 6.61 Å². The Morgan fingerprint density at radius 1 is 0.735 bits per heavy atom. The smallest absolute Gasteiger partial charge is 0.127 e. The minimum atomic E-state index is 0.261. The van der Waals surface area contributed by atoms with Gasteiger partial charge in [-0.15, -0.1) is 0 Å². The number of rotatable bonds is 6. The van der Waals surface area contributed by atoms with Gasteiger partial charge in [0.05, 0.1) is 6.04 Å². The predicted octanol–water partition coefficient (Wildman–Crippen LogP) is 7.88. The minimum absolute atomic E-state index is 0.261. The standard InChI is InChI=1S/C31H27NO2/c1-3-8-22(9-4-1)21-33-24-16-14-23(15-17-24)31-28-13-7-12-27(28)29-20-26(18-19-30(29)32-31)34-25-10-5-2-6-11-25/h1-12,14-20,27-28,31-32H,13,21H2. The first kappa shape index (κ1) is 20.6. The minimum Gasteiger partial charge on any atom is -0.489 e. The number of hydrogen-bond acceptors (Lipinski definition) is 3. The molecule has 4 aromatic carbocycles. The van der Waals surface area contributed by atoms with E-state index in [0.717, 1.165) is 23.7 Å². The van der Waals surface area contributed by atoms with Crippen LogP contribution in [0.15, 0.2) is 115 Å². The van der Waals surface area contributed by atoms with E-state index in [9.17, 15) is 0 Å². The third-order valence-corrected chi connectivity index (χ3v) is 6.80. The zero-order chi connectivity index (χ0) is 22.7. The second-order valence-electron chi connectivity index (χ2n) is 8.98. The van der Waals surface area contributed by atoms with Gasteiger partial charge in [-0.05, 0) is 71.5 Å². The number of benzene rings is 4. The van der Waals surface area contributed by atoms with Crippen LogP contribution in [0.3, 0.4) is 0 Å². The molecular weight excluding hydrogens is 418 g/mol. The summed E-state index contributed by atoms with van der Waals surface area (Å²) < 4.78 is 12.1. The largest absolute Gasteiger partial charge is 0.489 e. The van der Waals surface area contributed by atoms with Crippen molar-refractivity contribution in [1.82, 2.24) is 0 Å². The summed E-state index contributed by atoms with van der Waals surface area (Å²) >= 11 is 0. The quantitative estimate of drug-likeness (QED) is 0.306. The van der Waals surface area contributed by atoms with E-state index in [4.69, 9.17) is 9.47 Å². The van der Waals surface area contributed by atoms with Gasteiger partial charge in [0.1, 0.15) is 23.9 Å². The number of anilines is 1. The summed E-state index contributed by atoms with van der Waals surface area (Å²) in [6.45, 7) is 0.581.